The van der Waals surface area contributed by atoms with Crippen molar-refractivity contribution in [2.75, 3.05) is 25.1 Å². The third-order valence-electron chi connectivity index (χ3n) is 5.60. The largest absolute Gasteiger partial charge is 0.497 e. The summed E-state index contributed by atoms with van der Waals surface area (Å²) >= 11 is 0. The van der Waals surface area contributed by atoms with Crippen LogP contribution in [0.15, 0.2) is 48.5 Å². The summed E-state index contributed by atoms with van der Waals surface area (Å²) in [6.45, 7) is 5.19. The summed E-state index contributed by atoms with van der Waals surface area (Å²) in [5.41, 5.74) is 4.61. The van der Waals surface area contributed by atoms with Crippen LogP contribution in [0.2, 0.25) is 0 Å². The number of hydrogen-bond donors (Lipinski definition) is 2. The van der Waals surface area contributed by atoms with Crippen molar-refractivity contribution >= 4 is 16.7 Å². The summed E-state index contributed by atoms with van der Waals surface area (Å²) < 4.78 is 5.23. The van der Waals surface area contributed by atoms with Crippen LogP contribution in [0.3, 0.4) is 0 Å². The first-order valence-electron chi connectivity index (χ1n) is 10.3. The Morgan fingerprint density at radius 2 is 2.00 bits per heavy atom. The molecule has 2 heterocycles. The molecule has 0 bridgehead atoms. The van der Waals surface area contributed by atoms with Crippen molar-refractivity contribution in [1.29, 1.82) is 0 Å². The lowest BCUT2D eigenvalue weighted by atomic mass is 10.0. The van der Waals surface area contributed by atoms with E-state index >= 15 is 0 Å². The fraction of sp³-hybridized carbons (Fsp3) is 0.375. The predicted octanol–water partition coefficient (Wildman–Crippen LogP) is 3.80. The monoisotopic (exact) mass is 391 g/mol. The summed E-state index contributed by atoms with van der Waals surface area (Å²) in [4.78, 5) is 7.28. The third-order valence-corrected chi connectivity index (χ3v) is 5.60. The second-order valence-electron chi connectivity index (χ2n) is 7.81. The molecule has 0 aliphatic carbocycles. The second-order valence-corrected chi connectivity index (χ2v) is 7.81. The van der Waals surface area contributed by atoms with Crippen molar-refractivity contribution in [2.45, 2.75) is 39.0 Å². The number of ether oxygens (including phenoxy) is 1. The number of methoxy groups -OCH3 is 1. The van der Waals surface area contributed by atoms with Crippen LogP contribution in [0.5, 0.6) is 5.75 Å². The van der Waals surface area contributed by atoms with Crippen LogP contribution in [0.1, 0.15) is 29.5 Å². The summed E-state index contributed by atoms with van der Waals surface area (Å²) in [6, 6.07) is 16.7. The smallest absolute Gasteiger partial charge is 0.133 e. The minimum atomic E-state index is -0.279. The minimum Gasteiger partial charge on any atom is -0.497 e. The molecule has 1 saturated heterocycles. The first-order valence-corrected chi connectivity index (χ1v) is 10.3. The number of para-hydroxylation sites is 1. The number of fused-ring (bicyclic) bond motifs is 1. The summed E-state index contributed by atoms with van der Waals surface area (Å²) in [5, 5.41) is 14.9. The molecule has 2 aromatic carbocycles. The number of β-amino-alcohol motifs (C(OH)–C–C–N with tert-alkyl or cyclic N) is 1. The highest BCUT2D eigenvalue weighted by Gasteiger charge is 2.22. The molecule has 0 amide bonds. The van der Waals surface area contributed by atoms with Crippen LogP contribution in [-0.2, 0) is 13.1 Å². The number of aliphatic hydroxyl groups is 1. The zero-order chi connectivity index (χ0) is 20.2. The Morgan fingerprint density at radius 1 is 1.17 bits per heavy atom. The van der Waals surface area contributed by atoms with Gasteiger partial charge in [0.25, 0.3) is 0 Å². The zero-order valence-corrected chi connectivity index (χ0v) is 17.2. The lowest BCUT2D eigenvalue weighted by molar-refractivity contribution is 0.154. The average molecular weight is 392 g/mol. The van der Waals surface area contributed by atoms with E-state index in [4.69, 9.17) is 9.72 Å². The van der Waals surface area contributed by atoms with Crippen LogP contribution in [-0.4, -0.2) is 36.4 Å². The molecule has 1 atom stereocenters. The number of pyridine rings is 1. The Kier molecular flexibility index (Phi) is 5.97. The number of aromatic nitrogens is 1. The lowest BCUT2D eigenvalue weighted by Crippen LogP contribution is -2.39. The number of benzene rings is 2. The first kappa shape index (κ1) is 19.7. The highest BCUT2D eigenvalue weighted by Crippen LogP contribution is 2.28. The topological polar surface area (TPSA) is 57.6 Å². The van der Waals surface area contributed by atoms with E-state index < -0.39 is 0 Å². The molecule has 152 valence electrons. The number of aryl methyl sites for hydroxylation is 1. The number of rotatable bonds is 6. The maximum Gasteiger partial charge on any atom is 0.133 e. The number of aliphatic hydroxyl groups excluding tert-OH is 1. The Hall–Kier alpha value is -2.63. The van der Waals surface area contributed by atoms with Crippen molar-refractivity contribution < 1.29 is 9.84 Å². The van der Waals surface area contributed by atoms with E-state index in [1.165, 1.54) is 16.7 Å². The standard InChI is InChI=1S/C24H29N3O2/c1-17-5-3-6-19-13-20(15-25-14-18-8-10-22(29-2)11-9-18)24(26-23(17)19)27-12-4-7-21(28)16-27/h3,5-6,8-11,13,21,25,28H,4,7,12,14-16H2,1-2H3. The van der Waals surface area contributed by atoms with Crippen LogP contribution >= 0.6 is 0 Å². The van der Waals surface area contributed by atoms with Crippen LogP contribution in [0.4, 0.5) is 5.82 Å². The summed E-state index contributed by atoms with van der Waals surface area (Å²) in [6.07, 6.45) is 1.58. The van der Waals surface area contributed by atoms with Gasteiger partial charge in [0.15, 0.2) is 0 Å². The SMILES string of the molecule is COc1ccc(CNCc2cc3cccc(C)c3nc2N2CCCC(O)C2)cc1. The van der Waals surface area contributed by atoms with Gasteiger partial charge in [-0.25, -0.2) is 4.98 Å². The van der Waals surface area contributed by atoms with E-state index in [1.807, 2.05) is 12.1 Å². The molecule has 1 aromatic heterocycles. The van der Waals surface area contributed by atoms with Gasteiger partial charge >= 0.3 is 0 Å². The van der Waals surface area contributed by atoms with Gasteiger partial charge in [-0.1, -0.05) is 30.3 Å². The predicted molar refractivity (Wildman–Crippen MR) is 117 cm³/mol. The number of nitrogens with zero attached hydrogens (tertiary/aromatic N) is 2. The molecular formula is C24H29N3O2. The van der Waals surface area contributed by atoms with E-state index in [1.54, 1.807) is 7.11 Å². The van der Waals surface area contributed by atoms with Gasteiger partial charge in [0.05, 0.1) is 18.7 Å². The molecule has 1 unspecified atom stereocenters. The average Bonchev–Trinajstić information content (AvgIpc) is 2.74. The number of anilines is 1. The normalized spacial score (nSPS) is 16.9. The van der Waals surface area contributed by atoms with Gasteiger partial charge in [-0.05, 0) is 49.1 Å². The summed E-state index contributed by atoms with van der Waals surface area (Å²) in [7, 11) is 1.68. The number of nitrogens with one attached hydrogen (secondary N) is 1. The molecule has 1 aliphatic heterocycles. The molecule has 0 saturated carbocycles. The van der Waals surface area contributed by atoms with Crippen molar-refractivity contribution in [3.63, 3.8) is 0 Å². The van der Waals surface area contributed by atoms with Gasteiger partial charge < -0.3 is 20.1 Å². The highest BCUT2D eigenvalue weighted by molar-refractivity contribution is 5.84. The van der Waals surface area contributed by atoms with Gasteiger partial charge in [-0.15, -0.1) is 0 Å². The van der Waals surface area contributed by atoms with Gasteiger partial charge in [-0.3, -0.25) is 0 Å². The van der Waals surface area contributed by atoms with Gasteiger partial charge in [0.2, 0.25) is 0 Å². The Balaban J connectivity index is 1.58. The molecule has 1 aliphatic rings. The Labute approximate surface area is 172 Å². The quantitative estimate of drug-likeness (QED) is 0.669. The molecule has 2 N–H and O–H groups in total. The Morgan fingerprint density at radius 3 is 2.76 bits per heavy atom. The minimum absolute atomic E-state index is 0.279. The molecule has 4 rings (SSSR count). The number of hydrogen-bond acceptors (Lipinski definition) is 5. The van der Waals surface area contributed by atoms with Crippen LogP contribution in [0, 0.1) is 6.92 Å². The fourth-order valence-corrected chi connectivity index (χ4v) is 4.02. The third kappa shape index (κ3) is 4.52. The van der Waals surface area contributed by atoms with E-state index in [9.17, 15) is 5.11 Å². The van der Waals surface area contributed by atoms with Crippen molar-refractivity contribution in [2.24, 2.45) is 0 Å². The molecule has 29 heavy (non-hydrogen) atoms. The lowest BCUT2D eigenvalue weighted by Gasteiger charge is -2.32. The van der Waals surface area contributed by atoms with Gasteiger partial charge in [-0.2, -0.15) is 0 Å². The van der Waals surface area contributed by atoms with Crippen molar-refractivity contribution in [1.82, 2.24) is 10.3 Å². The van der Waals surface area contributed by atoms with Crippen molar-refractivity contribution in [3.05, 3.63) is 65.2 Å². The van der Waals surface area contributed by atoms with Gasteiger partial charge in [0.1, 0.15) is 11.6 Å². The summed E-state index contributed by atoms with van der Waals surface area (Å²) in [5.74, 6) is 1.86. The van der Waals surface area contributed by atoms with Crippen LogP contribution in [0.25, 0.3) is 10.9 Å². The Bertz CT molecular complexity index is 972. The van der Waals surface area contributed by atoms with E-state index in [-0.39, 0.29) is 6.10 Å². The fourth-order valence-electron chi connectivity index (χ4n) is 4.02. The second kappa shape index (κ2) is 8.80. The molecule has 0 radical (unpaired) electrons. The first-order chi connectivity index (χ1) is 14.1. The van der Waals surface area contributed by atoms with E-state index in [0.29, 0.717) is 6.54 Å². The molecule has 5 nitrogen and oxygen atoms in total. The molecular weight excluding hydrogens is 362 g/mol. The van der Waals surface area contributed by atoms with E-state index in [2.05, 4.69) is 53.5 Å². The zero-order valence-electron chi connectivity index (χ0n) is 17.2. The van der Waals surface area contributed by atoms with Crippen molar-refractivity contribution in [3.8, 4) is 5.75 Å². The maximum absolute atomic E-state index is 10.2. The van der Waals surface area contributed by atoms with E-state index in [0.717, 1.165) is 54.9 Å². The van der Waals surface area contributed by atoms with Crippen LogP contribution < -0.4 is 15.0 Å². The molecule has 5 heteroatoms. The molecule has 3 aromatic rings. The van der Waals surface area contributed by atoms with Gasteiger partial charge in [0, 0.05) is 37.1 Å². The molecule has 1 fully saturated rings. The number of piperidine rings is 1. The maximum atomic E-state index is 10.2. The molecule has 0 spiro atoms. The highest BCUT2D eigenvalue weighted by atomic mass is 16.5.